The molecule has 2 aromatic rings. The highest BCUT2D eigenvalue weighted by Gasteiger charge is 2.28. The molecule has 1 N–H and O–H groups in total. The molecule has 0 fully saturated rings. The van der Waals surface area contributed by atoms with E-state index in [4.69, 9.17) is 0 Å². The number of carbonyl (C=O) groups is 1. The van der Waals surface area contributed by atoms with E-state index in [0.29, 0.717) is 6.54 Å². The molecule has 0 saturated carbocycles. The first-order valence-electron chi connectivity index (χ1n) is 7.55. The quantitative estimate of drug-likeness (QED) is 0.935. The summed E-state index contributed by atoms with van der Waals surface area (Å²) in [5.41, 5.74) is 6.21. The number of Topliss-reactive ketones (excluding diaryl/α,β-unsaturated/α-hetero) is 1. The Kier molecular flexibility index (Phi) is 3.89. The van der Waals surface area contributed by atoms with E-state index >= 15 is 0 Å². The third kappa shape index (κ3) is 2.64. The zero-order valence-corrected chi connectivity index (χ0v) is 12.6. The van der Waals surface area contributed by atoms with Crippen molar-refractivity contribution in [3.63, 3.8) is 0 Å². The highest BCUT2D eigenvalue weighted by atomic mass is 16.1. The monoisotopic (exact) mass is 279 g/mol. The average Bonchev–Trinajstić information content (AvgIpc) is 2.63. The van der Waals surface area contributed by atoms with Crippen molar-refractivity contribution in [2.24, 2.45) is 0 Å². The fraction of sp³-hybridized carbons (Fsp3) is 0.316. The van der Waals surface area contributed by atoms with Crippen molar-refractivity contribution >= 4 is 5.78 Å². The van der Waals surface area contributed by atoms with Gasteiger partial charge in [-0.05, 0) is 49.1 Å². The molecule has 21 heavy (non-hydrogen) atoms. The van der Waals surface area contributed by atoms with Crippen molar-refractivity contribution in [2.75, 3.05) is 13.6 Å². The van der Waals surface area contributed by atoms with Gasteiger partial charge in [0.25, 0.3) is 0 Å². The number of nitrogens with one attached hydrogen (secondary N) is 1. The van der Waals surface area contributed by atoms with Gasteiger partial charge in [0.05, 0.1) is 12.5 Å². The molecular formula is C19H21NO. The van der Waals surface area contributed by atoms with Gasteiger partial charge in [0.15, 0.2) is 5.78 Å². The Bertz CT molecular complexity index is 675. The van der Waals surface area contributed by atoms with Crippen LogP contribution in [0.3, 0.4) is 0 Å². The van der Waals surface area contributed by atoms with Crippen molar-refractivity contribution in [3.05, 3.63) is 70.3 Å². The number of likely N-dealkylation sites (N-methyl/N-ethyl adjacent to an activating group) is 1. The Hall–Kier alpha value is -1.93. The lowest BCUT2D eigenvalue weighted by molar-refractivity contribution is -0.118. The number of fused-ring (bicyclic) bond motifs is 2. The topological polar surface area (TPSA) is 29.1 Å². The fourth-order valence-corrected chi connectivity index (χ4v) is 3.31. The van der Waals surface area contributed by atoms with E-state index in [2.05, 4.69) is 48.6 Å². The van der Waals surface area contributed by atoms with Crippen LogP contribution in [-0.2, 0) is 17.6 Å². The van der Waals surface area contributed by atoms with E-state index in [-0.39, 0.29) is 11.7 Å². The van der Waals surface area contributed by atoms with Crippen LogP contribution in [0, 0.1) is 6.92 Å². The molecule has 0 saturated heterocycles. The lowest BCUT2D eigenvalue weighted by Gasteiger charge is -2.19. The van der Waals surface area contributed by atoms with Crippen LogP contribution in [0.25, 0.3) is 0 Å². The Morgan fingerprint density at radius 2 is 1.81 bits per heavy atom. The molecule has 2 nitrogen and oxygen atoms in total. The normalized spacial score (nSPS) is 16.8. The summed E-state index contributed by atoms with van der Waals surface area (Å²) in [5.74, 6) is 0.116. The van der Waals surface area contributed by atoms with Gasteiger partial charge in [0.1, 0.15) is 0 Å². The van der Waals surface area contributed by atoms with E-state index in [1.807, 2.05) is 13.1 Å². The summed E-state index contributed by atoms with van der Waals surface area (Å²) in [7, 11) is 1.83. The molecule has 1 unspecified atom stereocenters. The standard InChI is InChI=1S/C19H21NO/c1-13-7-8-15-10-9-14-5-3-4-6-16(14)19(17(15)11-13)18(21)12-20-2/h3-8,11,19-20H,9-10,12H2,1-2H3. The van der Waals surface area contributed by atoms with E-state index in [1.165, 1.54) is 27.8 Å². The number of aryl methyl sites for hydroxylation is 3. The summed E-state index contributed by atoms with van der Waals surface area (Å²) in [6, 6.07) is 14.9. The Labute approximate surface area is 126 Å². The molecule has 108 valence electrons. The largest absolute Gasteiger partial charge is 0.313 e. The van der Waals surface area contributed by atoms with Crippen LogP contribution in [0.15, 0.2) is 42.5 Å². The van der Waals surface area contributed by atoms with Crippen molar-refractivity contribution in [2.45, 2.75) is 25.7 Å². The highest BCUT2D eigenvalue weighted by Crippen LogP contribution is 2.35. The van der Waals surface area contributed by atoms with Crippen LogP contribution in [-0.4, -0.2) is 19.4 Å². The molecule has 0 aromatic heterocycles. The first-order chi connectivity index (χ1) is 10.2. The second kappa shape index (κ2) is 5.82. The minimum absolute atomic E-state index is 0.133. The third-order valence-electron chi connectivity index (χ3n) is 4.32. The van der Waals surface area contributed by atoms with E-state index in [9.17, 15) is 4.79 Å². The molecule has 1 aliphatic rings. The molecule has 1 aliphatic carbocycles. The predicted molar refractivity (Wildman–Crippen MR) is 85.8 cm³/mol. The molecule has 2 heteroatoms. The highest BCUT2D eigenvalue weighted by molar-refractivity contribution is 5.91. The lowest BCUT2D eigenvalue weighted by Crippen LogP contribution is -2.26. The molecule has 0 bridgehead atoms. The van der Waals surface area contributed by atoms with Crippen molar-refractivity contribution in [3.8, 4) is 0 Å². The molecule has 0 aliphatic heterocycles. The van der Waals surface area contributed by atoms with Crippen molar-refractivity contribution in [1.82, 2.24) is 5.32 Å². The zero-order chi connectivity index (χ0) is 14.8. The van der Waals surface area contributed by atoms with Crippen LogP contribution < -0.4 is 5.32 Å². The zero-order valence-electron chi connectivity index (χ0n) is 12.6. The SMILES string of the molecule is CNCC(=O)C1c2ccccc2CCc2ccc(C)cc21. The first-order valence-corrected chi connectivity index (χ1v) is 7.55. The Morgan fingerprint density at radius 3 is 2.57 bits per heavy atom. The molecule has 3 rings (SSSR count). The first kappa shape index (κ1) is 14.0. The minimum Gasteiger partial charge on any atom is -0.313 e. The summed E-state index contributed by atoms with van der Waals surface area (Å²) in [6.07, 6.45) is 2.02. The predicted octanol–water partition coefficient (Wildman–Crippen LogP) is 3.01. The molecular weight excluding hydrogens is 258 g/mol. The number of carbonyl (C=O) groups excluding carboxylic acids is 1. The fourth-order valence-electron chi connectivity index (χ4n) is 3.31. The summed E-state index contributed by atoms with van der Waals surface area (Å²) < 4.78 is 0. The molecule has 0 radical (unpaired) electrons. The molecule has 0 amide bonds. The van der Waals surface area contributed by atoms with Crippen LogP contribution in [0.2, 0.25) is 0 Å². The Morgan fingerprint density at radius 1 is 1.10 bits per heavy atom. The second-order valence-corrected chi connectivity index (χ2v) is 5.83. The van der Waals surface area contributed by atoms with Crippen LogP contribution in [0.5, 0.6) is 0 Å². The maximum absolute atomic E-state index is 12.7. The van der Waals surface area contributed by atoms with Crippen LogP contribution in [0.1, 0.15) is 33.7 Å². The average molecular weight is 279 g/mol. The molecule has 0 spiro atoms. The van der Waals surface area contributed by atoms with Gasteiger partial charge >= 0.3 is 0 Å². The second-order valence-electron chi connectivity index (χ2n) is 5.83. The Balaban J connectivity index is 2.19. The van der Waals surface area contributed by atoms with Gasteiger partial charge in [-0.25, -0.2) is 0 Å². The smallest absolute Gasteiger partial charge is 0.158 e. The summed E-state index contributed by atoms with van der Waals surface area (Å²) >= 11 is 0. The molecule has 2 aromatic carbocycles. The van der Waals surface area contributed by atoms with Gasteiger partial charge < -0.3 is 5.32 Å². The van der Waals surface area contributed by atoms with Gasteiger partial charge in [0, 0.05) is 0 Å². The van der Waals surface area contributed by atoms with Crippen LogP contribution >= 0.6 is 0 Å². The van der Waals surface area contributed by atoms with E-state index < -0.39 is 0 Å². The van der Waals surface area contributed by atoms with Crippen molar-refractivity contribution in [1.29, 1.82) is 0 Å². The number of benzene rings is 2. The number of rotatable bonds is 3. The molecule has 0 heterocycles. The summed E-state index contributed by atoms with van der Waals surface area (Å²) in [5, 5.41) is 3.01. The lowest BCUT2D eigenvalue weighted by atomic mass is 9.84. The van der Waals surface area contributed by atoms with Crippen LogP contribution in [0.4, 0.5) is 0 Å². The van der Waals surface area contributed by atoms with E-state index in [1.54, 1.807) is 0 Å². The maximum atomic E-state index is 12.7. The van der Waals surface area contributed by atoms with Gasteiger partial charge in [-0.1, -0.05) is 48.0 Å². The maximum Gasteiger partial charge on any atom is 0.158 e. The van der Waals surface area contributed by atoms with Gasteiger partial charge in [-0.2, -0.15) is 0 Å². The summed E-state index contributed by atoms with van der Waals surface area (Å²) in [4.78, 5) is 12.7. The van der Waals surface area contributed by atoms with Crippen molar-refractivity contribution < 1.29 is 4.79 Å². The minimum atomic E-state index is -0.133. The molecule has 1 atom stereocenters. The van der Waals surface area contributed by atoms with Gasteiger partial charge in [0.2, 0.25) is 0 Å². The van der Waals surface area contributed by atoms with Gasteiger partial charge in [-0.15, -0.1) is 0 Å². The van der Waals surface area contributed by atoms with E-state index in [0.717, 1.165) is 12.8 Å². The number of hydrogen-bond acceptors (Lipinski definition) is 2. The van der Waals surface area contributed by atoms with Gasteiger partial charge in [-0.3, -0.25) is 4.79 Å². The summed E-state index contributed by atoms with van der Waals surface area (Å²) in [6.45, 7) is 2.50. The number of ketones is 1. The number of hydrogen-bond donors (Lipinski definition) is 1. The third-order valence-corrected chi connectivity index (χ3v) is 4.32.